The molecule has 1 aromatic carbocycles. The number of para-hydroxylation sites is 1. The minimum atomic E-state index is -0.629. The minimum Gasteiger partial charge on any atom is -0.463 e. The molecule has 0 atom stereocenters. The predicted octanol–water partition coefficient (Wildman–Crippen LogP) is 2.55. The lowest BCUT2D eigenvalue weighted by Crippen LogP contribution is -2.14. The van der Waals surface area contributed by atoms with Crippen molar-refractivity contribution in [2.45, 2.75) is 0 Å². The van der Waals surface area contributed by atoms with Crippen LogP contribution in [0, 0.1) is 0 Å². The van der Waals surface area contributed by atoms with E-state index in [1.165, 1.54) is 7.11 Å². The highest BCUT2D eigenvalue weighted by Crippen LogP contribution is 2.31. The molecule has 1 N–H and O–H groups in total. The van der Waals surface area contributed by atoms with Gasteiger partial charge in [0, 0.05) is 5.39 Å². The van der Waals surface area contributed by atoms with Crippen LogP contribution in [-0.2, 0) is 9.53 Å². The van der Waals surface area contributed by atoms with Crippen molar-refractivity contribution in [1.29, 1.82) is 0 Å². The van der Waals surface area contributed by atoms with Gasteiger partial charge >= 0.3 is 5.97 Å². The molecule has 0 aliphatic carbocycles. The number of halogens is 1. The Balaban J connectivity index is 2.57. The molecule has 6 heteroatoms. The number of carbonyl (C=O) groups is 2. The van der Waals surface area contributed by atoms with Crippen LogP contribution < -0.4 is 5.32 Å². The summed E-state index contributed by atoms with van der Waals surface area (Å²) in [5.41, 5.74) is 0.852. The molecule has 0 radical (unpaired) electrons. The standard InChI is InChI=1S/C12H10BrNO4/c1-17-12(16)11-10(14-9(15)6-13)7-4-2-3-5-8(7)18-11/h2-5H,6H2,1H3,(H,14,15). The van der Waals surface area contributed by atoms with E-state index in [1.807, 2.05) is 0 Å². The van der Waals surface area contributed by atoms with Crippen molar-refractivity contribution in [3.63, 3.8) is 0 Å². The second-order valence-corrected chi connectivity index (χ2v) is 4.04. The van der Waals surface area contributed by atoms with Crippen LogP contribution >= 0.6 is 15.9 Å². The second kappa shape index (κ2) is 5.22. The zero-order chi connectivity index (χ0) is 13.1. The third-order valence-corrected chi connectivity index (χ3v) is 2.86. The van der Waals surface area contributed by atoms with Crippen LogP contribution in [0.15, 0.2) is 28.7 Å². The molecule has 1 aromatic heterocycles. The Hall–Kier alpha value is -1.82. The fraction of sp³-hybridized carbons (Fsp3) is 0.167. The first kappa shape index (κ1) is 12.6. The molecule has 2 aromatic rings. The van der Waals surface area contributed by atoms with Gasteiger partial charge in [-0.25, -0.2) is 4.79 Å². The van der Waals surface area contributed by atoms with Gasteiger partial charge in [0.2, 0.25) is 11.7 Å². The number of esters is 1. The van der Waals surface area contributed by atoms with Crippen LogP contribution in [0.25, 0.3) is 11.0 Å². The van der Waals surface area contributed by atoms with E-state index in [1.54, 1.807) is 24.3 Å². The highest BCUT2D eigenvalue weighted by Gasteiger charge is 2.22. The van der Waals surface area contributed by atoms with E-state index in [0.29, 0.717) is 16.7 Å². The lowest BCUT2D eigenvalue weighted by Gasteiger charge is -2.02. The number of ether oxygens (including phenoxy) is 1. The van der Waals surface area contributed by atoms with Crippen molar-refractivity contribution in [2.24, 2.45) is 0 Å². The van der Waals surface area contributed by atoms with E-state index in [2.05, 4.69) is 26.0 Å². The van der Waals surface area contributed by atoms with E-state index in [4.69, 9.17) is 4.42 Å². The SMILES string of the molecule is COC(=O)c1oc2ccccc2c1NC(=O)CBr. The van der Waals surface area contributed by atoms with Crippen LogP contribution in [0.3, 0.4) is 0 Å². The number of fused-ring (bicyclic) bond motifs is 1. The summed E-state index contributed by atoms with van der Waals surface area (Å²) in [4.78, 5) is 23.0. The van der Waals surface area contributed by atoms with Gasteiger partial charge < -0.3 is 14.5 Å². The fourth-order valence-electron chi connectivity index (χ4n) is 1.58. The Morgan fingerprint density at radius 3 is 2.78 bits per heavy atom. The number of furan rings is 1. The van der Waals surface area contributed by atoms with Gasteiger partial charge in [0.25, 0.3) is 0 Å². The van der Waals surface area contributed by atoms with Gasteiger partial charge in [0.1, 0.15) is 11.3 Å². The third-order valence-electron chi connectivity index (χ3n) is 2.35. The first-order valence-corrected chi connectivity index (χ1v) is 6.25. The molecular formula is C12H10BrNO4. The van der Waals surface area contributed by atoms with Gasteiger partial charge in [0.05, 0.1) is 12.4 Å². The maximum Gasteiger partial charge on any atom is 0.376 e. The van der Waals surface area contributed by atoms with Gasteiger partial charge in [-0.05, 0) is 12.1 Å². The van der Waals surface area contributed by atoms with Gasteiger partial charge in [-0.15, -0.1) is 0 Å². The first-order valence-electron chi connectivity index (χ1n) is 5.13. The van der Waals surface area contributed by atoms with Crippen LogP contribution in [0.4, 0.5) is 5.69 Å². The number of carbonyl (C=O) groups excluding carboxylic acids is 2. The largest absolute Gasteiger partial charge is 0.463 e. The van der Waals surface area contributed by atoms with Crippen LogP contribution in [-0.4, -0.2) is 24.3 Å². The molecule has 0 saturated heterocycles. The normalized spacial score (nSPS) is 10.3. The second-order valence-electron chi connectivity index (χ2n) is 3.48. The van der Waals surface area contributed by atoms with Crippen molar-refractivity contribution in [2.75, 3.05) is 17.8 Å². The molecule has 0 aliphatic rings. The topological polar surface area (TPSA) is 68.5 Å². The highest BCUT2D eigenvalue weighted by atomic mass is 79.9. The van der Waals surface area contributed by atoms with E-state index in [-0.39, 0.29) is 17.0 Å². The van der Waals surface area contributed by atoms with Gasteiger partial charge in [0.15, 0.2) is 0 Å². The zero-order valence-corrected chi connectivity index (χ0v) is 11.1. The molecule has 2 rings (SSSR count). The summed E-state index contributed by atoms with van der Waals surface area (Å²) in [5.74, 6) is -0.907. The van der Waals surface area contributed by atoms with E-state index < -0.39 is 5.97 Å². The Morgan fingerprint density at radius 1 is 1.39 bits per heavy atom. The summed E-state index contributed by atoms with van der Waals surface area (Å²) in [6.07, 6.45) is 0. The minimum absolute atomic E-state index is 0.00648. The molecule has 94 valence electrons. The first-order chi connectivity index (χ1) is 8.67. The zero-order valence-electron chi connectivity index (χ0n) is 9.53. The molecule has 0 saturated carbocycles. The van der Waals surface area contributed by atoms with Crippen molar-refractivity contribution in [3.8, 4) is 0 Å². The van der Waals surface area contributed by atoms with Crippen molar-refractivity contribution in [3.05, 3.63) is 30.0 Å². The van der Waals surface area contributed by atoms with Crippen molar-refractivity contribution in [1.82, 2.24) is 0 Å². The lowest BCUT2D eigenvalue weighted by molar-refractivity contribution is -0.113. The summed E-state index contributed by atoms with van der Waals surface area (Å²) in [6, 6.07) is 7.05. The highest BCUT2D eigenvalue weighted by molar-refractivity contribution is 9.09. The van der Waals surface area contributed by atoms with E-state index in [9.17, 15) is 9.59 Å². The number of alkyl halides is 1. The number of anilines is 1. The summed E-state index contributed by atoms with van der Waals surface area (Å²) in [7, 11) is 1.26. The van der Waals surface area contributed by atoms with Crippen LogP contribution in [0.5, 0.6) is 0 Å². The number of benzene rings is 1. The summed E-state index contributed by atoms with van der Waals surface area (Å²) in [6.45, 7) is 0. The summed E-state index contributed by atoms with van der Waals surface area (Å²) in [5, 5.41) is 3.41. The van der Waals surface area contributed by atoms with Gasteiger partial charge in [-0.2, -0.15) is 0 Å². The molecule has 1 amide bonds. The number of methoxy groups -OCH3 is 1. The molecule has 0 fully saturated rings. The molecule has 0 aliphatic heterocycles. The molecule has 5 nitrogen and oxygen atoms in total. The van der Waals surface area contributed by atoms with Crippen molar-refractivity contribution >= 4 is 44.5 Å². The van der Waals surface area contributed by atoms with E-state index in [0.717, 1.165) is 0 Å². The van der Waals surface area contributed by atoms with Crippen LogP contribution in [0.1, 0.15) is 10.6 Å². The van der Waals surface area contributed by atoms with E-state index >= 15 is 0 Å². The smallest absolute Gasteiger partial charge is 0.376 e. The number of amides is 1. The van der Waals surface area contributed by atoms with Crippen molar-refractivity contribution < 1.29 is 18.7 Å². The summed E-state index contributed by atoms with van der Waals surface area (Å²) < 4.78 is 10.0. The lowest BCUT2D eigenvalue weighted by atomic mass is 10.2. The molecular weight excluding hydrogens is 302 g/mol. The van der Waals surface area contributed by atoms with Gasteiger partial charge in [-0.1, -0.05) is 28.1 Å². The average molecular weight is 312 g/mol. The number of rotatable bonds is 3. The molecule has 1 heterocycles. The molecule has 0 bridgehead atoms. The quantitative estimate of drug-likeness (QED) is 0.698. The average Bonchev–Trinajstić information content (AvgIpc) is 2.77. The molecule has 18 heavy (non-hydrogen) atoms. The number of nitrogens with one attached hydrogen (secondary N) is 1. The Morgan fingerprint density at radius 2 is 2.11 bits per heavy atom. The Labute approximate surface area is 111 Å². The maximum absolute atomic E-state index is 11.6. The summed E-state index contributed by atoms with van der Waals surface area (Å²) >= 11 is 3.04. The predicted molar refractivity (Wildman–Crippen MR) is 70.0 cm³/mol. The fourth-order valence-corrected chi connectivity index (χ4v) is 1.72. The Kier molecular flexibility index (Phi) is 3.66. The monoisotopic (exact) mass is 311 g/mol. The molecule has 0 unspecified atom stereocenters. The maximum atomic E-state index is 11.6. The molecule has 0 spiro atoms. The third kappa shape index (κ3) is 2.24. The number of hydrogen-bond donors (Lipinski definition) is 1. The van der Waals surface area contributed by atoms with Crippen LogP contribution in [0.2, 0.25) is 0 Å². The Bertz CT molecular complexity index is 605. The number of hydrogen-bond acceptors (Lipinski definition) is 4. The van der Waals surface area contributed by atoms with Gasteiger partial charge in [-0.3, -0.25) is 4.79 Å².